The Labute approximate surface area is 183 Å². The molecule has 2 aromatic carbocycles. The number of halogens is 1. The third kappa shape index (κ3) is 4.69. The van der Waals surface area contributed by atoms with Crippen molar-refractivity contribution in [3.63, 3.8) is 0 Å². The van der Waals surface area contributed by atoms with Crippen molar-refractivity contribution in [2.75, 3.05) is 33.3 Å². The van der Waals surface area contributed by atoms with E-state index in [9.17, 15) is 0 Å². The summed E-state index contributed by atoms with van der Waals surface area (Å²) in [6.07, 6.45) is 3.36. The van der Waals surface area contributed by atoms with Crippen LogP contribution in [0.2, 0.25) is 5.02 Å². The summed E-state index contributed by atoms with van der Waals surface area (Å²) in [6, 6.07) is 15.8. The Morgan fingerprint density at radius 2 is 1.97 bits per heavy atom. The second kappa shape index (κ2) is 9.65. The maximum atomic E-state index is 6.50. The quantitative estimate of drug-likeness (QED) is 0.572. The molecule has 0 aliphatic carbocycles. The molecule has 1 aliphatic rings. The number of aromatic nitrogens is 2. The Balaban J connectivity index is 1.56. The van der Waals surface area contributed by atoms with Gasteiger partial charge < -0.3 is 15.0 Å². The molecule has 158 valence electrons. The van der Waals surface area contributed by atoms with Gasteiger partial charge in [-0.3, -0.25) is 0 Å². The zero-order valence-corrected chi connectivity index (χ0v) is 18.4. The molecule has 0 unspecified atom stereocenters. The van der Waals surface area contributed by atoms with Gasteiger partial charge in [0.05, 0.1) is 23.5 Å². The first-order chi connectivity index (χ1) is 14.7. The van der Waals surface area contributed by atoms with Crippen molar-refractivity contribution >= 4 is 11.6 Å². The summed E-state index contributed by atoms with van der Waals surface area (Å²) in [7, 11) is 1.67. The minimum atomic E-state index is 0.713. The number of nitrogens with zero attached hydrogens (tertiary/aromatic N) is 3. The average molecular weight is 425 g/mol. The van der Waals surface area contributed by atoms with Crippen LogP contribution in [0.1, 0.15) is 18.9 Å². The molecule has 1 aliphatic heterocycles. The summed E-state index contributed by atoms with van der Waals surface area (Å²) in [6.45, 7) is 7.56. The highest BCUT2D eigenvalue weighted by Crippen LogP contribution is 2.30. The summed E-state index contributed by atoms with van der Waals surface area (Å²) in [5.74, 6) is 1.54. The van der Waals surface area contributed by atoms with Crippen molar-refractivity contribution < 1.29 is 4.74 Å². The van der Waals surface area contributed by atoms with E-state index in [1.165, 1.54) is 19.5 Å². The van der Waals surface area contributed by atoms with Crippen LogP contribution in [0.5, 0.6) is 5.75 Å². The SMILES string of the molecule is CCN1CC[C@@H](CNCc2cn(-c3ccc(OC)cc3)nc2-c2ccccc2Cl)C1. The fraction of sp³-hybridized carbons (Fsp3) is 0.375. The van der Waals surface area contributed by atoms with E-state index in [0.717, 1.165) is 47.9 Å². The smallest absolute Gasteiger partial charge is 0.119 e. The third-order valence-corrected chi connectivity index (χ3v) is 6.15. The second-order valence-corrected chi connectivity index (χ2v) is 8.21. The lowest BCUT2D eigenvalue weighted by Gasteiger charge is -2.13. The van der Waals surface area contributed by atoms with Crippen molar-refractivity contribution in [3.05, 3.63) is 65.3 Å². The lowest BCUT2D eigenvalue weighted by molar-refractivity contribution is 0.339. The van der Waals surface area contributed by atoms with Gasteiger partial charge in [0.2, 0.25) is 0 Å². The molecule has 1 N–H and O–H groups in total. The Morgan fingerprint density at radius 3 is 2.67 bits per heavy atom. The number of hydrogen-bond donors (Lipinski definition) is 1. The van der Waals surface area contributed by atoms with Crippen LogP contribution in [0, 0.1) is 5.92 Å². The van der Waals surface area contributed by atoms with Crippen molar-refractivity contribution in [3.8, 4) is 22.7 Å². The predicted octanol–water partition coefficient (Wildman–Crippen LogP) is 4.63. The molecule has 1 saturated heterocycles. The van der Waals surface area contributed by atoms with Crippen LogP contribution in [-0.2, 0) is 6.54 Å². The van der Waals surface area contributed by atoms with Gasteiger partial charge in [-0.05, 0) is 62.3 Å². The van der Waals surface area contributed by atoms with Gasteiger partial charge in [-0.2, -0.15) is 5.10 Å². The molecule has 1 fully saturated rings. The standard InChI is InChI=1S/C24H29ClN4O/c1-3-28-13-12-18(16-28)14-26-15-19-17-29(20-8-10-21(30-2)11-9-20)27-24(19)22-6-4-5-7-23(22)25/h4-11,17-18,26H,3,12-16H2,1-2H3/t18-/m0/s1. The molecule has 3 aromatic rings. The Morgan fingerprint density at radius 1 is 1.17 bits per heavy atom. The minimum Gasteiger partial charge on any atom is -0.497 e. The molecule has 0 amide bonds. The average Bonchev–Trinajstić information content (AvgIpc) is 3.41. The number of hydrogen-bond acceptors (Lipinski definition) is 4. The van der Waals surface area contributed by atoms with E-state index >= 15 is 0 Å². The predicted molar refractivity (Wildman–Crippen MR) is 122 cm³/mol. The molecule has 2 heterocycles. The van der Waals surface area contributed by atoms with E-state index in [1.807, 2.05) is 53.2 Å². The molecule has 1 atom stereocenters. The maximum Gasteiger partial charge on any atom is 0.119 e. The van der Waals surface area contributed by atoms with Crippen molar-refractivity contribution in [2.24, 2.45) is 5.92 Å². The maximum absolute atomic E-state index is 6.50. The first-order valence-electron chi connectivity index (χ1n) is 10.6. The molecule has 0 spiro atoms. The Kier molecular flexibility index (Phi) is 6.72. The van der Waals surface area contributed by atoms with Crippen molar-refractivity contribution in [2.45, 2.75) is 19.9 Å². The molecule has 30 heavy (non-hydrogen) atoms. The molecule has 1 aromatic heterocycles. The van der Waals surface area contributed by atoms with E-state index in [0.29, 0.717) is 10.9 Å². The van der Waals surface area contributed by atoms with Gasteiger partial charge in [-0.1, -0.05) is 36.7 Å². The van der Waals surface area contributed by atoms with E-state index in [2.05, 4.69) is 23.3 Å². The topological polar surface area (TPSA) is 42.3 Å². The van der Waals surface area contributed by atoms with Crippen molar-refractivity contribution in [1.82, 2.24) is 20.0 Å². The number of likely N-dealkylation sites (tertiary alicyclic amines) is 1. The Bertz CT molecular complexity index is 970. The van der Waals surface area contributed by atoms with Gasteiger partial charge >= 0.3 is 0 Å². The van der Waals surface area contributed by atoms with Crippen molar-refractivity contribution in [1.29, 1.82) is 0 Å². The highest BCUT2D eigenvalue weighted by molar-refractivity contribution is 6.33. The van der Waals surface area contributed by atoms with Gasteiger partial charge in [0, 0.05) is 30.4 Å². The van der Waals surface area contributed by atoms with E-state index < -0.39 is 0 Å². The number of methoxy groups -OCH3 is 1. The highest BCUT2D eigenvalue weighted by atomic mass is 35.5. The number of nitrogens with one attached hydrogen (secondary N) is 1. The highest BCUT2D eigenvalue weighted by Gasteiger charge is 2.21. The van der Waals surface area contributed by atoms with E-state index in [-0.39, 0.29) is 0 Å². The normalized spacial score (nSPS) is 16.8. The van der Waals surface area contributed by atoms with E-state index in [1.54, 1.807) is 7.11 Å². The van der Waals surface area contributed by atoms with Crippen LogP contribution in [0.15, 0.2) is 54.7 Å². The fourth-order valence-corrected chi connectivity index (χ4v) is 4.29. The summed E-state index contributed by atoms with van der Waals surface area (Å²) in [5.41, 5.74) is 4.01. The summed E-state index contributed by atoms with van der Waals surface area (Å²) in [5, 5.41) is 9.26. The van der Waals surface area contributed by atoms with E-state index in [4.69, 9.17) is 21.4 Å². The summed E-state index contributed by atoms with van der Waals surface area (Å²) in [4.78, 5) is 2.52. The largest absolute Gasteiger partial charge is 0.497 e. The fourth-order valence-electron chi connectivity index (χ4n) is 4.06. The molecule has 5 nitrogen and oxygen atoms in total. The summed E-state index contributed by atoms with van der Waals surface area (Å²) >= 11 is 6.50. The molecular weight excluding hydrogens is 396 g/mol. The molecule has 4 rings (SSSR count). The molecule has 0 radical (unpaired) electrons. The Hall–Kier alpha value is -2.34. The zero-order chi connectivity index (χ0) is 20.9. The van der Waals surface area contributed by atoms with Crippen LogP contribution in [0.25, 0.3) is 16.9 Å². The number of benzene rings is 2. The second-order valence-electron chi connectivity index (χ2n) is 7.80. The third-order valence-electron chi connectivity index (χ3n) is 5.82. The van der Waals surface area contributed by atoms with Crippen LogP contribution >= 0.6 is 11.6 Å². The van der Waals surface area contributed by atoms with Gasteiger partial charge in [0.25, 0.3) is 0 Å². The lowest BCUT2D eigenvalue weighted by Crippen LogP contribution is -2.26. The van der Waals surface area contributed by atoms with Crippen LogP contribution < -0.4 is 10.1 Å². The minimum absolute atomic E-state index is 0.713. The number of ether oxygens (including phenoxy) is 1. The van der Waals surface area contributed by atoms with Crippen LogP contribution in [0.3, 0.4) is 0 Å². The van der Waals surface area contributed by atoms with Crippen LogP contribution in [-0.4, -0.2) is 48.0 Å². The van der Waals surface area contributed by atoms with Gasteiger partial charge in [0.15, 0.2) is 0 Å². The van der Waals surface area contributed by atoms with Gasteiger partial charge in [-0.25, -0.2) is 4.68 Å². The first kappa shape index (κ1) is 20.9. The molecule has 0 bridgehead atoms. The number of rotatable bonds is 8. The molecule has 0 saturated carbocycles. The molecule has 6 heteroatoms. The lowest BCUT2D eigenvalue weighted by atomic mass is 10.1. The monoisotopic (exact) mass is 424 g/mol. The van der Waals surface area contributed by atoms with Gasteiger partial charge in [-0.15, -0.1) is 0 Å². The zero-order valence-electron chi connectivity index (χ0n) is 17.6. The summed E-state index contributed by atoms with van der Waals surface area (Å²) < 4.78 is 7.20. The van der Waals surface area contributed by atoms with Gasteiger partial charge in [0.1, 0.15) is 5.75 Å². The van der Waals surface area contributed by atoms with Crippen LogP contribution in [0.4, 0.5) is 0 Å². The molecular formula is C24H29ClN4O. The first-order valence-corrected chi connectivity index (χ1v) is 11.0.